The van der Waals surface area contributed by atoms with Gasteiger partial charge in [-0.15, -0.1) is 0 Å². The lowest BCUT2D eigenvalue weighted by molar-refractivity contribution is -0.142. The molecule has 1 aromatic heterocycles. The van der Waals surface area contributed by atoms with Crippen molar-refractivity contribution in [3.05, 3.63) is 30.1 Å². The number of carboxylic acids is 1. The number of carbonyl (C=O) groups is 1. The molecule has 6 nitrogen and oxygen atoms in total. The lowest BCUT2D eigenvalue weighted by Gasteiger charge is -2.30. The van der Waals surface area contributed by atoms with E-state index in [-0.39, 0.29) is 22.6 Å². The molecule has 122 valence electrons. The molecule has 2 heterocycles. The highest BCUT2D eigenvalue weighted by Crippen LogP contribution is 2.45. The minimum Gasteiger partial charge on any atom is -0.480 e. The largest absolute Gasteiger partial charge is 0.480 e. The van der Waals surface area contributed by atoms with Crippen molar-refractivity contribution < 1.29 is 27.1 Å². The van der Waals surface area contributed by atoms with Gasteiger partial charge in [-0.05, 0) is 43.4 Å². The van der Waals surface area contributed by atoms with Crippen LogP contribution in [0.4, 0.5) is 4.39 Å². The summed E-state index contributed by atoms with van der Waals surface area (Å²) < 4.78 is 45.4. The molecule has 0 spiro atoms. The molecule has 1 saturated heterocycles. The van der Waals surface area contributed by atoms with E-state index in [0.29, 0.717) is 18.2 Å². The first-order valence-electron chi connectivity index (χ1n) is 7.33. The number of furan rings is 1. The summed E-state index contributed by atoms with van der Waals surface area (Å²) in [6.07, 6.45) is 1.94. The number of carboxylic acid groups (broad SMARTS) is 1. The Kier molecular flexibility index (Phi) is 3.05. The fourth-order valence-electron chi connectivity index (χ4n) is 3.82. The third-order valence-corrected chi connectivity index (χ3v) is 6.56. The van der Waals surface area contributed by atoms with E-state index in [0.717, 1.165) is 10.7 Å². The number of piperidine rings is 1. The average molecular weight is 339 g/mol. The second kappa shape index (κ2) is 4.78. The molecule has 1 aliphatic heterocycles. The van der Waals surface area contributed by atoms with Gasteiger partial charge in [0.05, 0.1) is 0 Å². The van der Waals surface area contributed by atoms with Gasteiger partial charge in [0.1, 0.15) is 17.4 Å². The maximum atomic E-state index is 13.3. The average Bonchev–Trinajstić information content (AvgIpc) is 3.19. The first-order valence-corrected chi connectivity index (χ1v) is 8.77. The summed E-state index contributed by atoms with van der Waals surface area (Å²) in [4.78, 5) is 11.5. The van der Waals surface area contributed by atoms with E-state index in [1.54, 1.807) is 0 Å². The molecule has 3 atom stereocenters. The normalized spacial score (nSPS) is 27.8. The SMILES string of the molecule is O=C(O)[C@@H]1[C@H]2CC[C@H](C2)N1S(=O)(=O)c1cc2cc(F)ccc2o1. The number of nitrogens with zero attached hydrogens (tertiary/aromatic N) is 1. The Hall–Kier alpha value is -1.93. The van der Waals surface area contributed by atoms with Crippen LogP contribution in [-0.2, 0) is 14.8 Å². The zero-order chi connectivity index (χ0) is 16.4. The highest BCUT2D eigenvalue weighted by Gasteiger charge is 2.55. The first-order chi connectivity index (χ1) is 10.9. The van der Waals surface area contributed by atoms with Crippen LogP contribution >= 0.6 is 0 Å². The van der Waals surface area contributed by atoms with Crippen molar-refractivity contribution in [2.45, 2.75) is 36.4 Å². The molecule has 2 fully saturated rings. The fraction of sp³-hybridized carbons (Fsp3) is 0.400. The van der Waals surface area contributed by atoms with Crippen LogP contribution in [0.25, 0.3) is 11.0 Å². The van der Waals surface area contributed by atoms with Crippen LogP contribution in [0.5, 0.6) is 0 Å². The summed E-state index contributed by atoms with van der Waals surface area (Å²) in [5.41, 5.74) is 0.251. The third kappa shape index (κ3) is 2.08. The summed E-state index contributed by atoms with van der Waals surface area (Å²) in [5.74, 6) is -1.79. The molecule has 1 saturated carbocycles. The minimum absolute atomic E-state index is 0.158. The van der Waals surface area contributed by atoms with Crippen molar-refractivity contribution in [2.24, 2.45) is 5.92 Å². The smallest absolute Gasteiger partial charge is 0.322 e. The van der Waals surface area contributed by atoms with Gasteiger partial charge in [-0.2, -0.15) is 4.31 Å². The van der Waals surface area contributed by atoms with Crippen LogP contribution in [0.1, 0.15) is 19.3 Å². The van der Waals surface area contributed by atoms with Gasteiger partial charge in [0, 0.05) is 17.5 Å². The minimum atomic E-state index is -4.08. The Morgan fingerprint density at radius 1 is 1.30 bits per heavy atom. The van der Waals surface area contributed by atoms with Crippen LogP contribution in [0.3, 0.4) is 0 Å². The Morgan fingerprint density at radius 3 is 2.83 bits per heavy atom. The monoisotopic (exact) mass is 339 g/mol. The molecule has 1 aliphatic carbocycles. The lowest BCUT2D eigenvalue weighted by Crippen LogP contribution is -2.48. The van der Waals surface area contributed by atoms with Crippen LogP contribution < -0.4 is 0 Å². The van der Waals surface area contributed by atoms with E-state index in [4.69, 9.17) is 4.42 Å². The van der Waals surface area contributed by atoms with E-state index < -0.39 is 27.9 Å². The van der Waals surface area contributed by atoms with Gasteiger partial charge < -0.3 is 9.52 Å². The molecule has 0 amide bonds. The molecule has 0 unspecified atom stereocenters. The number of sulfonamides is 1. The first kappa shape index (κ1) is 14.6. The summed E-state index contributed by atoms with van der Waals surface area (Å²) in [6, 6.07) is 3.61. The van der Waals surface area contributed by atoms with Gasteiger partial charge in [0.2, 0.25) is 5.09 Å². The third-order valence-electron chi connectivity index (χ3n) is 4.77. The molecular formula is C15H14FNO5S. The highest BCUT2D eigenvalue weighted by atomic mass is 32.2. The van der Waals surface area contributed by atoms with Crippen LogP contribution in [0, 0.1) is 11.7 Å². The number of halogens is 1. The molecule has 1 N–H and O–H groups in total. The highest BCUT2D eigenvalue weighted by molar-refractivity contribution is 7.89. The van der Waals surface area contributed by atoms with Crippen molar-refractivity contribution in [2.75, 3.05) is 0 Å². The van der Waals surface area contributed by atoms with E-state index in [9.17, 15) is 22.7 Å². The fourth-order valence-corrected chi connectivity index (χ4v) is 5.65. The Balaban J connectivity index is 1.81. The van der Waals surface area contributed by atoms with Gasteiger partial charge >= 0.3 is 5.97 Å². The molecule has 23 heavy (non-hydrogen) atoms. The number of aliphatic carboxylic acids is 1. The zero-order valence-corrected chi connectivity index (χ0v) is 12.8. The molecule has 2 aliphatic rings. The van der Waals surface area contributed by atoms with Crippen molar-refractivity contribution in [3.8, 4) is 0 Å². The number of hydrogen-bond acceptors (Lipinski definition) is 4. The zero-order valence-electron chi connectivity index (χ0n) is 12.0. The van der Waals surface area contributed by atoms with Gasteiger partial charge in [-0.3, -0.25) is 4.79 Å². The molecule has 8 heteroatoms. The Labute approximate surface area is 131 Å². The standard InChI is InChI=1S/C15H14FNO5S/c16-10-2-4-12-9(5-10)7-13(22-12)23(20,21)17-11-3-1-8(6-11)14(17)15(18)19/h2,4-5,7-8,11,14H,1,3,6H2,(H,18,19)/t8-,11+,14-/m0/s1. The summed E-state index contributed by atoms with van der Waals surface area (Å²) >= 11 is 0. The second-order valence-corrected chi connectivity index (χ2v) is 7.87. The predicted molar refractivity (Wildman–Crippen MR) is 77.7 cm³/mol. The Bertz CT molecular complexity index is 906. The van der Waals surface area contributed by atoms with Gasteiger partial charge in [0.25, 0.3) is 10.0 Å². The van der Waals surface area contributed by atoms with Crippen molar-refractivity contribution >= 4 is 27.0 Å². The summed E-state index contributed by atoms with van der Waals surface area (Å²) in [7, 11) is -4.08. The lowest BCUT2D eigenvalue weighted by atomic mass is 10.0. The number of benzene rings is 1. The van der Waals surface area contributed by atoms with Crippen LogP contribution in [0.15, 0.2) is 33.8 Å². The van der Waals surface area contributed by atoms with Crippen LogP contribution in [-0.4, -0.2) is 35.9 Å². The van der Waals surface area contributed by atoms with Crippen molar-refractivity contribution in [3.63, 3.8) is 0 Å². The molecule has 4 rings (SSSR count). The van der Waals surface area contributed by atoms with E-state index in [1.807, 2.05) is 0 Å². The number of hydrogen-bond donors (Lipinski definition) is 1. The maximum absolute atomic E-state index is 13.3. The van der Waals surface area contributed by atoms with Gasteiger partial charge in [0.15, 0.2) is 0 Å². The van der Waals surface area contributed by atoms with Crippen molar-refractivity contribution in [1.82, 2.24) is 4.31 Å². The Morgan fingerprint density at radius 2 is 2.09 bits per heavy atom. The number of fused-ring (bicyclic) bond motifs is 3. The van der Waals surface area contributed by atoms with Crippen LogP contribution in [0.2, 0.25) is 0 Å². The molecular weight excluding hydrogens is 325 g/mol. The molecule has 2 aromatic rings. The molecule has 1 aromatic carbocycles. The maximum Gasteiger partial charge on any atom is 0.322 e. The summed E-state index contributed by atoms with van der Waals surface area (Å²) in [6.45, 7) is 0. The van der Waals surface area contributed by atoms with E-state index in [1.165, 1.54) is 24.3 Å². The summed E-state index contributed by atoms with van der Waals surface area (Å²) in [5, 5.41) is 9.40. The number of rotatable bonds is 3. The quantitative estimate of drug-likeness (QED) is 0.926. The second-order valence-electron chi connectivity index (χ2n) is 6.09. The van der Waals surface area contributed by atoms with Gasteiger partial charge in [-0.1, -0.05) is 0 Å². The predicted octanol–water partition coefficient (Wildman–Crippen LogP) is 2.20. The molecule has 2 bridgehead atoms. The van der Waals surface area contributed by atoms with E-state index in [2.05, 4.69) is 0 Å². The van der Waals surface area contributed by atoms with Gasteiger partial charge in [-0.25, -0.2) is 12.8 Å². The molecule has 0 radical (unpaired) electrons. The van der Waals surface area contributed by atoms with E-state index >= 15 is 0 Å². The van der Waals surface area contributed by atoms with Crippen molar-refractivity contribution in [1.29, 1.82) is 0 Å². The topological polar surface area (TPSA) is 87.8 Å².